The predicted octanol–water partition coefficient (Wildman–Crippen LogP) is 7.01. The van der Waals surface area contributed by atoms with Gasteiger partial charge in [0.25, 0.3) is 0 Å². The second-order valence-electron chi connectivity index (χ2n) is 10.4. The average Bonchev–Trinajstić information content (AvgIpc) is 2.58. The first-order valence-corrected chi connectivity index (χ1v) is 11.0. The van der Waals surface area contributed by atoms with Gasteiger partial charge in [0.2, 0.25) is 0 Å². The molecule has 0 unspecified atom stereocenters. The van der Waals surface area contributed by atoms with Crippen LogP contribution in [0.5, 0.6) is 0 Å². The Kier molecular flexibility index (Phi) is 7.28. The number of hydrogen-bond donors (Lipinski definition) is 0. The number of carbonyl (C=O) groups excluding carboxylic acids is 2. The largest absolute Gasteiger partial charge is 0.299 e. The van der Waals surface area contributed by atoms with Crippen molar-refractivity contribution in [2.75, 3.05) is 0 Å². The average molecular weight is 385 g/mol. The predicted molar refractivity (Wildman–Crippen MR) is 118 cm³/mol. The van der Waals surface area contributed by atoms with Gasteiger partial charge in [-0.05, 0) is 84.5 Å². The van der Waals surface area contributed by atoms with Gasteiger partial charge in [0.05, 0.1) is 5.92 Å². The molecule has 2 aliphatic carbocycles. The lowest BCUT2D eigenvalue weighted by molar-refractivity contribution is -0.161. The summed E-state index contributed by atoms with van der Waals surface area (Å²) in [5.74, 6) is 0.381. The van der Waals surface area contributed by atoms with Gasteiger partial charge < -0.3 is 0 Å². The first kappa shape index (κ1) is 22.8. The van der Waals surface area contributed by atoms with Gasteiger partial charge >= 0.3 is 0 Å². The molecule has 2 heteroatoms. The van der Waals surface area contributed by atoms with Crippen molar-refractivity contribution in [3.8, 4) is 0 Å². The molecule has 2 fully saturated rings. The Morgan fingerprint density at radius 3 is 2.25 bits per heavy atom. The second-order valence-corrected chi connectivity index (χ2v) is 10.4. The van der Waals surface area contributed by atoms with Crippen molar-refractivity contribution in [2.45, 2.75) is 93.4 Å². The molecule has 0 aromatic rings. The third-order valence-electron chi connectivity index (χ3n) is 7.13. The number of ketones is 2. The first-order chi connectivity index (χ1) is 13.0. The molecule has 0 N–H and O–H groups in total. The van der Waals surface area contributed by atoms with Gasteiger partial charge in [0, 0.05) is 11.8 Å². The van der Waals surface area contributed by atoms with E-state index in [0.717, 1.165) is 38.5 Å². The van der Waals surface area contributed by atoms with Gasteiger partial charge in [-0.25, -0.2) is 0 Å². The van der Waals surface area contributed by atoms with Crippen LogP contribution in [0.25, 0.3) is 0 Å². The molecule has 0 aromatic carbocycles. The van der Waals surface area contributed by atoms with Crippen LogP contribution in [0.3, 0.4) is 0 Å². The van der Waals surface area contributed by atoms with Gasteiger partial charge in [-0.1, -0.05) is 48.8 Å². The molecule has 2 bridgehead atoms. The molecule has 156 valence electrons. The molecular weight excluding hydrogens is 344 g/mol. The van der Waals surface area contributed by atoms with Crippen LogP contribution in [0.2, 0.25) is 0 Å². The van der Waals surface area contributed by atoms with Gasteiger partial charge in [0.1, 0.15) is 11.6 Å². The minimum Gasteiger partial charge on any atom is -0.299 e. The molecule has 2 saturated carbocycles. The summed E-state index contributed by atoms with van der Waals surface area (Å²) >= 11 is 0. The van der Waals surface area contributed by atoms with Crippen molar-refractivity contribution in [1.82, 2.24) is 0 Å². The molecule has 28 heavy (non-hydrogen) atoms. The van der Waals surface area contributed by atoms with Crippen molar-refractivity contribution in [3.05, 3.63) is 34.9 Å². The SMILES string of the molecule is CC(C)=CCC/C(C)=C/C[C@@]12CCC(=O)[C@H](C1=O)C(C)(C)[C@@H](CC=C(C)C)C2. The zero-order chi connectivity index (χ0) is 21.1. The highest BCUT2D eigenvalue weighted by Crippen LogP contribution is 2.58. The van der Waals surface area contributed by atoms with Gasteiger partial charge in [-0.3, -0.25) is 9.59 Å². The molecule has 0 aliphatic heterocycles. The smallest absolute Gasteiger partial charge is 0.150 e. The van der Waals surface area contributed by atoms with Gasteiger partial charge in [0.15, 0.2) is 0 Å². The summed E-state index contributed by atoms with van der Waals surface area (Å²) in [7, 11) is 0. The molecule has 0 spiro atoms. The third-order valence-corrected chi connectivity index (χ3v) is 7.13. The van der Waals surface area contributed by atoms with Crippen LogP contribution in [0.15, 0.2) is 34.9 Å². The van der Waals surface area contributed by atoms with Crippen molar-refractivity contribution in [3.63, 3.8) is 0 Å². The van der Waals surface area contributed by atoms with Crippen LogP contribution >= 0.6 is 0 Å². The zero-order valence-electron chi connectivity index (χ0n) is 19.2. The van der Waals surface area contributed by atoms with Crippen LogP contribution in [0, 0.1) is 22.7 Å². The Morgan fingerprint density at radius 1 is 1.00 bits per heavy atom. The molecule has 0 amide bonds. The Labute approximate surface area is 172 Å². The Hall–Kier alpha value is -1.44. The lowest BCUT2D eigenvalue weighted by Gasteiger charge is -2.54. The van der Waals surface area contributed by atoms with E-state index in [4.69, 9.17) is 0 Å². The van der Waals surface area contributed by atoms with E-state index in [1.807, 2.05) is 0 Å². The normalized spacial score (nSPS) is 29.5. The van der Waals surface area contributed by atoms with E-state index in [1.165, 1.54) is 16.7 Å². The van der Waals surface area contributed by atoms with Gasteiger partial charge in [-0.15, -0.1) is 0 Å². The lowest BCUT2D eigenvalue weighted by atomic mass is 9.47. The summed E-state index contributed by atoms with van der Waals surface area (Å²) in [5.41, 5.74) is 3.46. The lowest BCUT2D eigenvalue weighted by Crippen LogP contribution is -2.58. The number of hydrogen-bond acceptors (Lipinski definition) is 2. The van der Waals surface area contributed by atoms with Crippen molar-refractivity contribution in [2.24, 2.45) is 22.7 Å². The molecule has 0 saturated heterocycles. The Morgan fingerprint density at radius 2 is 1.64 bits per heavy atom. The summed E-state index contributed by atoms with van der Waals surface area (Å²) in [4.78, 5) is 26.2. The fraction of sp³-hybridized carbons (Fsp3) is 0.692. The number of allylic oxidation sites excluding steroid dienone is 6. The Balaban J connectivity index is 2.25. The van der Waals surface area contributed by atoms with Crippen LogP contribution in [0.1, 0.15) is 93.4 Å². The zero-order valence-corrected chi connectivity index (χ0v) is 19.2. The standard InChI is InChI=1S/C26H40O2/c1-18(2)9-8-10-20(5)13-15-26-16-14-22(27)23(24(26)28)25(6,7)21(17-26)12-11-19(3)4/h9,11,13,21,23H,8,10,12,14-17H2,1-7H3/b20-13+/t21-,23+,26-/m0/s1. The first-order valence-electron chi connectivity index (χ1n) is 11.0. The van der Waals surface area contributed by atoms with E-state index in [1.54, 1.807) is 0 Å². The minimum absolute atomic E-state index is 0.178. The molecule has 2 rings (SSSR count). The fourth-order valence-corrected chi connectivity index (χ4v) is 5.12. The van der Waals surface area contributed by atoms with Crippen molar-refractivity contribution in [1.29, 1.82) is 0 Å². The third kappa shape index (κ3) is 4.93. The number of fused-ring (bicyclic) bond motifs is 2. The van der Waals surface area contributed by atoms with Crippen LogP contribution in [-0.2, 0) is 9.59 Å². The van der Waals surface area contributed by atoms with E-state index in [2.05, 4.69) is 66.7 Å². The molecule has 2 nitrogen and oxygen atoms in total. The summed E-state index contributed by atoms with van der Waals surface area (Å²) < 4.78 is 0. The molecule has 3 atom stereocenters. The van der Waals surface area contributed by atoms with Crippen LogP contribution in [0.4, 0.5) is 0 Å². The molecular formula is C26H40O2. The second kappa shape index (κ2) is 8.93. The quantitative estimate of drug-likeness (QED) is 0.349. The van der Waals surface area contributed by atoms with E-state index < -0.39 is 5.92 Å². The van der Waals surface area contributed by atoms with Gasteiger partial charge in [-0.2, -0.15) is 0 Å². The van der Waals surface area contributed by atoms with E-state index in [9.17, 15) is 9.59 Å². The number of rotatable bonds is 7. The molecule has 2 aliphatic rings. The number of carbonyl (C=O) groups is 2. The van der Waals surface area contributed by atoms with Crippen molar-refractivity contribution < 1.29 is 9.59 Å². The van der Waals surface area contributed by atoms with E-state index in [0.29, 0.717) is 12.3 Å². The highest BCUT2D eigenvalue weighted by Gasteiger charge is 2.59. The summed E-state index contributed by atoms with van der Waals surface area (Å²) in [6, 6.07) is 0. The Bertz CT molecular complexity index is 696. The van der Waals surface area contributed by atoms with E-state index in [-0.39, 0.29) is 22.4 Å². The monoisotopic (exact) mass is 384 g/mol. The van der Waals surface area contributed by atoms with Crippen LogP contribution in [-0.4, -0.2) is 11.6 Å². The fourth-order valence-electron chi connectivity index (χ4n) is 5.12. The topological polar surface area (TPSA) is 34.1 Å². The summed E-state index contributed by atoms with van der Waals surface area (Å²) in [6.07, 6.45) is 13.0. The maximum atomic E-state index is 13.5. The van der Waals surface area contributed by atoms with Crippen LogP contribution < -0.4 is 0 Å². The van der Waals surface area contributed by atoms with E-state index >= 15 is 0 Å². The maximum absolute atomic E-state index is 13.5. The minimum atomic E-state index is -0.412. The summed E-state index contributed by atoms with van der Waals surface area (Å²) in [5, 5.41) is 0. The molecule has 0 heterocycles. The van der Waals surface area contributed by atoms with Crippen molar-refractivity contribution >= 4 is 11.6 Å². The highest BCUT2D eigenvalue weighted by atomic mass is 16.2. The molecule has 0 aromatic heterocycles. The molecule has 0 radical (unpaired) electrons. The number of Topliss-reactive ketones (excluding diaryl/α,β-unsaturated/α-hetero) is 2. The highest BCUT2D eigenvalue weighted by molar-refractivity contribution is 6.08. The summed E-state index contributed by atoms with van der Waals surface area (Å²) in [6.45, 7) is 15.0. The maximum Gasteiger partial charge on any atom is 0.150 e.